The van der Waals surface area contributed by atoms with E-state index in [1.807, 2.05) is 45.9 Å². The molecule has 3 heterocycles. The number of hydrogen-bond donors (Lipinski definition) is 0. The van der Waals surface area contributed by atoms with Crippen LogP contribution in [0.1, 0.15) is 91.7 Å². The molecule has 2 aliphatic heterocycles. The maximum Gasteiger partial charge on any atom is 0.306 e. The minimum absolute atomic E-state index is 0.00605. The van der Waals surface area contributed by atoms with Crippen LogP contribution in [0.25, 0.3) is 11.0 Å². The van der Waals surface area contributed by atoms with Gasteiger partial charge in [-0.3, -0.25) is 14.4 Å². The number of amides is 1. The Morgan fingerprint density at radius 3 is 2.51 bits per heavy atom. The van der Waals surface area contributed by atoms with Crippen molar-refractivity contribution in [2.24, 2.45) is 35.0 Å². The molecule has 2 aliphatic carbocycles. The van der Waals surface area contributed by atoms with E-state index in [-0.39, 0.29) is 42.6 Å². The average Bonchev–Trinajstić information content (AvgIpc) is 3.68. The highest BCUT2D eigenvalue weighted by Crippen LogP contribution is 2.52. The lowest BCUT2D eigenvalue weighted by molar-refractivity contribution is -0.161. The Balaban J connectivity index is 1.37. The van der Waals surface area contributed by atoms with Gasteiger partial charge in [-0.2, -0.15) is 0 Å². The molecule has 1 amide bonds. The van der Waals surface area contributed by atoms with Crippen LogP contribution in [0.5, 0.6) is 11.6 Å². The SMILES string of the molecule is COc1ccc2nc3c(nc2c1)O[C@H]1CN(C(=O)[C@H](C(C)(C)C)CC(=O)O[C@@H]2[C@H]4CC[C@H](C4)[C@H]2CCCCC3)[C@H](C(C)=O)[C@@H]1C. The molecule has 8 atom stereocenters. The van der Waals surface area contributed by atoms with Gasteiger partial charge in [0.1, 0.15) is 23.7 Å². The van der Waals surface area contributed by atoms with Gasteiger partial charge in [-0.1, -0.05) is 40.5 Å². The fraction of sp³-hybridized carbons (Fsp3) is 0.694. The van der Waals surface area contributed by atoms with Gasteiger partial charge < -0.3 is 19.1 Å². The summed E-state index contributed by atoms with van der Waals surface area (Å²) in [6, 6.07) is 5.00. The fourth-order valence-electron chi connectivity index (χ4n) is 8.63. The summed E-state index contributed by atoms with van der Waals surface area (Å²) in [4.78, 5) is 52.6. The highest BCUT2D eigenvalue weighted by Gasteiger charge is 2.51. The van der Waals surface area contributed by atoms with Gasteiger partial charge in [0.05, 0.1) is 43.1 Å². The van der Waals surface area contributed by atoms with Crippen molar-refractivity contribution in [1.29, 1.82) is 0 Å². The molecule has 3 fully saturated rings. The molecule has 4 aliphatic rings. The topological polar surface area (TPSA) is 108 Å². The number of ketones is 1. The van der Waals surface area contributed by atoms with Crippen LogP contribution in [0.4, 0.5) is 0 Å². The number of esters is 1. The second kappa shape index (κ2) is 12.5. The third kappa shape index (κ3) is 6.28. The summed E-state index contributed by atoms with van der Waals surface area (Å²) in [5.74, 6) is 1.07. The summed E-state index contributed by atoms with van der Waals surface area (Å²) in [5, 5.41) is 0. The molecule has 9 nitrogen and oxygen atoms in total. The van der Waals surface area contributed by atoms with E-state index in [1.165, 1.54) is 13.3 Å². The summed E-state index contributed by atoms with van der Waals surface area (Å²) in [6.07, 6.45) is 7.75. The first kappa shape index (κ1) is 31.7. The van der Waals surface area contributed by atoms with E-state index in [9.17, 15) is 14.4 Å². The number of benzene rings is 1. The number of fused-ring (bicyclic) bond motifs is 9. The Labute approximate surface area is 266 Å². The van der Waals surface area contributed by atoms with Crippen molar-refractivity contribution in [3.8, 4) is 11.6 Å². The van der Waals surface area contributed by atoms with Crippen LogP contribution in [-0.4, -0.2) is 64.4 Å². The Kier molecular flexibility index (Phi) is 8.83. The standard InChI is InChI=1S/C36H49N3O6/c1-20-30-19-39(32(20)21(2)40)35(42)26(36(3,4)5)18-31(41)45-33-23-13-12-22(16-23)25(33)10-8-7-9-11-28-34(44-30)38-29-17-24(43-6)14-15-27(29)37-28/h14-15,17,20,22-23,25-26,30,32-33H,7-13,16,18-19H2,1-6H3/t20-,22-,23+,25-,26-,30+,32+,33-/m1/s1. The Morgan fingerprint density at radius 1 is 1.00 bits per heavy atom. The number of aromatic nitrogens is 2. The van der Waals surface area contributed by atoms with Crippen molar-refractivity contribution in [2.45, 2.75) is 111 Å². The number of aryl methyl sites for hydroxylation is 1. The first-order valence-corrected chi connectivity index (χ1v) is 17.0. The number of methoxy groups -OCH3 is 1. The van der Waals surface area contributed by atoms with Crippen molar-refractivity contribution in [2.75, 3.05) is 13.7 Å². The van der Waals surface area contributed by atoms with Gasteiger partial charge >= 0.3 is 5.97 Å². The lowest BCUT2D eigenvalue weighted by atomic mass is 9.77. The molecule has 6 rings (SSSR count). The average molecular weight is 620 g/mol. The molecule has 1 saturated heterocycles. The van der Waals surface area contributed by atoms with Gasteiger partial charge in [0.15, 0.2) is 5.78 Å². The van der Waals surface area contributed by atoms with Crippen LogP contribution in [0.3, 0.4) is 0 Å². The van der Waals surface area contributed by atoms with Crippen LogP contribution >= 0.6 is 0 Å². The van der Waals surface area contributed by atoms with E-state index in [0.29, 0.717) is 41.3 Å². The van der Waals surface area contributed by atoms with Crippen molar-refractivity contribution in [3.63, 3.8) is 0 Å². The van der Waals surface area contributed by atoms with Gasteiger partial charge in [0.2, 0.25) is 11.8 Å². The zero-order valence-corrected chi connectivity index (χ0v) is 27.7. The molecule has 2 aromatic rings. The second-order valence-corrected chi connectivity index (χ2v) is 15.1. The Morgan fingerprint density at radius 2 is 1.78 bits per heavy atom. The maximum absolute atomic E-state index is 14.4. The predicted octanol–water partition coefficient (Wildman–Crippen LogP) is 5.95. The zero-order valence-electron chi connectivity index (χ0n) is 27.7. The quantitative estimate of drug-likeness (QED) is 0.380. The summed E-state index contributed by atoms with van der Waals surface area (Å²) >= 11 is 0. The van der Waals surface area contributed by atoms with Crippen LogP contribution in [0.15, 0.2) is 18.2 Å². The smallest absolute Gasteiger partial charge is 0.306 e. The number of Topliss-reactive ketones (excluding diaryl/α,β-unsaturated/α-hetero) is 1. The van der Waals surface area contributed by atoms with E-state index in [4.69, 9.17) is 24.2 Å². The van der Waals surface area contributed by atoms with Crippen molar-refractivity contribution >= 4 is 28.7 Å². The van der Waals surface area contributed by atoms with Crippen molar-refractivity contribution in [1.82, 2.24) is 14.9 Å². The first-order chi connectivity index (χ1) is 21.4. The summed E-state index contributed by atoms with van der Waals surface area (Å²) in [7, 11) is 1.62. The lowest BCUT2D eigenvalue weighted by Crippen LogP contribution is -2.48. The van der Waals surface area contributed by atoms with E-state index in [0.717, 1.165) is 49.7 Å². The molecular weight excluding hydrogens is 570 g/mol. The Hall–Kier alpha value is -3.23. The molecule has 45 heavy (non-hydrogen) atoms. The van der Waals surface area contributed by atoms with Crippen LogP contribution in [0, 0.1) is 35.0 Å². The molecule has 244 valence electrons. The summed E-state index contributed by atoms with van der Waals surface area (Å²) in [5.41, 5.74) is 1.73. The van der Waals surface area contributed by atoms with E-state index in [2.05, 4.69) is 0 Å². The molecule has 2 saturated carbocycles. The first-order valence-electron chi connectivity index (χ1n) is 17.0. The number of carbonyl (C=O) groups excluding carboxylic acids is 3. The van der Waals surface area contributed by atoms with E-state index >= 15 is 0 Å². The predicted molar refractivity (Wildman–Crippen MR) is 170 cm³/mol. The highest BCUT2D eigenvalue weighted by atomic mass is 16.5. The lowest BCUT2D eigenvalue weighted by Gasteiger charge is -2.36. The van der Waals surface area contributed by atoms with Gasteiger partial charge in [-0.25, -0.2) is 9.97 Å². The molecule has 1 aromatic carbocycles. The molecule has 9 heteroatoms. The van der Waals surface area contributed by atoms with E-state index < -0.39 is 23.5 Å². The Bertz CT molecular complexity index is 1450. The minimum Gasteiger partial charge on any atom is -0.497 e. The number of nitrogens with zero attached hydrogens (tertiary/aromatic N) is 3. The molecule has 4 bridgehead atoms. The molecule has 0 N–H and O–H groups in total. The number of hydrogen-bond acceptors (Lipinski definition) is 8. The summed E-state index contributed by atoms with van der Waals surface area (Å²) in [6.45, 7) is 9.67. The maximum atomic E-state index is 14.4. The molecule has 0 spiro atoms. The van der Waals surface area contributed by atoms with Gasteiger partial charge in [0, 0.05) is 12.0 Å². The molecule has 0 unspecified atom stereocenters. The van der Waals surface area contributed by atoms with Crippen LogP contribution in [0.2, 0.25) is 0 Å². The van der Waals surface area contributed by atoms with Crippen molar-refractivity contribution in [3.05, 3.63) is 23.9 Å². The fourth-order valence-corrected chi connectivity index (χ4v) is 8.63. The number of ether oxygens (including phenoxy) is 3. The number of rotatable bonds is 2. The largest absolute Gasteiger partial charge is 0.497 e. The monoisotopic (exact) mass is 619 g/mol. The zero-order chi connectivity index (χ0) is 32.0. The second-order valence-electron chi connectivity index (χ2n) is 15.1. The molecular formula is C36H49N3O6. The summed E-state index contributed by atoms with van der Waals surface area (Å²) < 4.78 is 18.3. The van der Waals surface area contributed by atoms with Crippen LogP contribution in [-0.2, 0) is 25.5 Å². The third-order valence-corrected chi connectivity index (χ3v) is 11.1. The minimum atomic E-state index is -0.655. The van der Waals surface area contributed by atoms with Gasteiger partial charge in [-0.05, 0) is 80.8 Å². The normalized spacial score (nSPS) is 32.7. The van der Waals surface area contributed by atoms with Crippen molar-refractivity contribution < 1.29 is 28.6 Å². The van der Waals surface area contributed by atoms with E-state index in [1.54, 1.807) is 12.0 Å². The third-order valence-electron chi connectivity index (χ3n) is 11.1. The van der Waals surface area contributed by atoms with Gasteiger partial charge in [-0.15, -0.1) is 0 Å². The number of carbonyl (C=O) groups is 3. The van der Waals surface area contributed by atoms with Gasteiger partial charge in [0.25, 0.3) is 0 Å². The van der Waals surface area contributed by atoms with Crippen LogP contribution < -0.4 is 9.47 Å². The highest BCUT2D eigenvalue weighted by molar-refractivity contribution is 5.91. The molecule has 1 aromatic heterocycles. The molecule has 0 radical (unpaired) electrons.